The van der Waals surface area contributed by atoms with Crippen LogP contribution >= 0.6 is 23.2 Å². The van der Waals surface area contributed by atoms with Gasteiger partial charge in [-0.2, -0.15) is 4.98 Å². The number of halogens is 2. The number of carbonyl (C=O) groups is 1. The molecule has 1 aliphatic carbocycles. The molecule has 0 unspecified atom stereocenters. The van der Waals surface area contributed by atoms with E-state index in [-0.39, 0.29) is 23.7 Å². The topological polar surface area (TPSA) is 83.6 Å². The number of pyridine rings is 1. The smallest absolute Gasteiger partial charge is 0.249 e. The SMILES string of the molecule is O=C(Nc1n[nH]c(-c2ccccn2)n1)[C@H]1C[C@@H]1c1ccc(Cl)c(Cl)c1. The maximum atomic E-state index is 12.4. The number of anilines is 1. The van der Waals surface area contributed by atoms with E-state index >= 15 is 0 Å². The molecule has 8 heteroatoms. The van der Waals surface area contributed by atoms with Gasteiger partial charge < -0.3 is 0 Å². The van der Waals surface area contributed by atoms with Crippen molar-refractivity contribution < 1.29 is 4.79 Å². The number of hydrogen-bond donors (Lipinski definition) is 2. The number of rotatable bonds is 4. The third-order valence-corrected chi connectivity index (χ3v) is 4.87. The van der Waals surface area contributed by atoms with Gasteiger partial charge in [0.1, 0.15) is 5.69 Å². The van der Waals surface area contributed by atoms with E-state index in [9.17, 15) is 4.79 Å². The normalized spacial score (nSPS) is 18.8. The minimum atomic E-state index is -0.117. The van der Waals surface area contributed by atoms with E-state index in [2.05, 4.69) is 25.5 Å². The van der Waals surface area contributed by atoms with Gasteiger partial charge in [-0.15, -0.1) is 5.10 Å². The number of hydrogen-bond acceptors (Lipinski definition) is 4. The number of amides is 1. The van der Waals surface area contributed by atoms with Crippen molar-refractivity contribution in [1.82, 2.24) is 20.2 Å². The molecule has 0 bridgehead atoms. The van der Waals surface area contributed by atoms with Gasteiger partial charge >= 0.3 is 0 Å². The summed E-state index contributed by atoms with van der Waals surface area (Å²) < 4.78 is 0. The van der Waals surface area contributed by atoms with Gasteiger partial charge in [-0.1, -0.05) is 35.3 Å². The van der Waals surface area contributed by atoms with E-state index in [1.54, 1.807) is 12.3 Å². The van der Waals surface area contributed by atoms with Crippen molar-refractivity contribution in [3.8, 4) is 11.5 Å². The summed E-state index contributed by atoms with van der Waals surface area (Å²) in [5.74, 6) is 0.666. The first kappa shape index (κ1) is 16.1. The third kappa shape index (κ3) is 3.36. The molecule has 1 amide bonds. The van der Waals surface area contributed by atoms with Crippen LogP contribution in [0.2, 0.25) is 10.0 Å². The maximum Gasteiger partial charge on any atom is 0.249 e. The molecule has 2 heterocycles. The van der Waals surface area contributed by atoms with Crippen LogP contribution in [0.3, 0.4) is 0 Å². The zero-order valence-electron chi connectivity index (χ0n) is 12.9. The first-order valence-corrected chi connectivity index (χ1v) is 8.47. The summed E-state index contributed by atoms with van der Waals surface area (Å²) in [7, 11) is 0. The summed E-state index contributed by atoms with van der Waals surface area (Å²) in [5.41, 5.74) is 1.68. The molecule has 1 saturated carbocycles. The van der Waals surface area contributed by atoms with Crippen LogP contribution in [0.15, 0.2) is 42.6 Å². The molecule has 2 atom stereocenters. The number of aromatic amines is 1. The first-order valence-electron chi connectivity index (χ1n) is 7.71. The molecule has 25 heavy (non-hydrogen) atoms. The number of benzene rings is 1. The monoisotopic (exact) mass is 373 g/mol. The second-order valence-electron chi connectivity index (χ2n) is 5.83. The highest BCUT2D eigenvalue weighted by atomic mass is 35.5. The summed E-state index contributed by atoms with van der Waals surface area (Å²) in [6.45, 7) is 0. The minimum Gasteiger partial charge on any atom is -0.293 e. The molecule has 1 aliphatic rings. The van der Waals surface area contributed by atoms with Crippen LogP contribution in [0.4, 0.5) is 5.95 Å². The molecule has 0 spiro atoms. The summed E-state index contributed by atoms with van der Waals surface area (Å²) in [6.07, 6.45) is 2.43. The molecule has 126 valence electrons. The predicted octanol–water partition coefficient (Wildman–Crippen LogP) is 3.92. The van der Waals surface area contributed by atoms with Gasteiger partial charge in [0.25, 0.3) is 0 Å². The van der Waals surface area contributed by atoms with Gasteiger partial charge in [0.15, 0.2) is 5.82 Å². The van der Waals surface area contributed by atoms with Crippen molar-refractivity contribution in [1.29, 1.82) is 0 Å². The Morgan fingerprint density at radius 3 is 2.84 bits per heavy atom. The Labute approximate surface area is 153 Å². The van der Waals surface area contributed by atoms with Gasteiger partial charge in [-0.3, -0.25) is 20.2 Å². The average Bonchev–Trinajstić information content (AvgIpc) is 3.30. The fraction of sp³-hybridized carbons (Fsp3) is 0.176. The molecule has 1 aromatic carbocycles. The molecule has 2 N–H and O–H groups in total. The minimum absolute atomic E-state index is 0.109. The lowest BCUT2D eigenvalue weighted by atomic mass is 10.1. The Balaban J connectivity index is 1.42. The van der Waals surface area contributed by atoms with E-state index < -0.39 is 0 Å². The molecular formula is C17H13Cl2N5O. The van der Waals surface area contributed by atoms with E-state index in [1.165, 1.54) is 0 Å². The molecule has 1 fully saturated rings. The summed E-state index contributed by atoms with van der Waals surface area (Å²) in [5, 5.41) is 10.5. The Bertz CT molecular complexity index is 928. The zero-order chi connectivity index (χ0) is 17.4. The standard InChI is InChI=1S/C17H13Cl2N5O/c18-12-5-4-9(7-13(12)19)10-8-11(10)16(25)22-17-21-15(23-24-17)14-3-1-2-6-20-14/h1-7,10-11H,8H2,(H2,21,22,23,24,25)/t10-,11+/m1/s1. The number of nitrogens with one attached hydrogen (secondary N) is 2. The average molecular weight is 374 g/mol. The van der Waals surface area contributed by atoms with Crippen molar-refractivity contribution >= 4 is 35.1 Å². The maximum absolute atomic E-state index is 12.4. The van der Waals surface area contributed by atoms with Gasteiger partial charge in [0, 0.05) is 12.1 Å². The van der Waals surface area contributed by atoms with Crippen LogP contribution in [0.1, 0.15) is 17.9 Å². The molecule has 0 radical (unpaired) electrons. The van der Waals surface area contributed by atoms with Crippen LogP contribution in [-0.2, 0) is 4.79 Å². The van der Waals surface area contributed by atoms with E-state index in [0.29, 0.717) is 21.6 Å². The lowest BCUT2D eigenvalue weighted by molar-refractivity contribution is -0.117. The highest BCUT2D eigenvalue weighted by Crippen LogP contribution is 2.48. The van der Waals surface area contributed by atoms with Crippen LogP contribution < -0.4 is 5.32 Å². The Morgan fingerprint density at radius 2 is 2.08 bits per heavy atom. The summed E-state index contributed by atoms with van der Waals surface area (Å²) in [4.78, 5) is 20.8. The van der Waals surface area contributed by atoms with Gasteiger partial charge in [-0.05, 0) is 42.2 Å². The van der Waals surface area contributed by atoms with Crippen LogP contribution in [0.5, 0.6) is 0 Å². The Kier molecular flexibility index (Phi) is 4.15. The van der Waals surface area contributed by atoms with Crippen LogP contribution in [0, 0.1) is 5.92 Å². The largest absolute Gasteiger partial charge is 0.293 e. The van der Waals surface area contributed by atoms with Crippen molar-refractivity contribution in [2.45, 2.75) is 12.3 Å². The molecule has 0 aliphatic heterocycles. The van der Waals surface area contributed by atoms with Crippen LogP contribution in [-0.4, -0.2) is 26.1 Å². The van der Waals surface area contributed by atoms with E-state index in [4.69, 9.17) is 23.2 Å². The van der Waals surface area contributed by atoms with Crippen molar-refractivity contribution in [2.24, 2.45) is 5.92 Å². The fourth-order valence-corrected chi connectivity index (χ4v) is 3.04. The van der Waals surface area contributed by atoms with E-state index in [0.717, 1.165) is 12.0 Å². The second kappa shape index (κ2) is 6.46. The number of carbonyl (C=O) groups excluding carboxylic acids is 1. The third-order valence-electron chi connectivity index (χ3n) is 4.13. The second-order valence-corrected chi connectivity index (χ2v) is 6.65. The zero-order valence-corrected chi connectivity index (χ0v) is 14.4. The predicted molar refractivity (Wildman–Crippen MR) is 95.6 cm³/mol. The quantitative estimate of drug-likeness (QED) is 0.725. The van der Waals surface area contributed by atoms with Gasteiger partial charge in [0.2, 0.25) is 11.9 Å². The van der Waals surface area contributed by atoms with Crippen molar-refractivity contribution in [3.05, 3.63) is 58.2 Å². The van der Waals surface area contributed by atoms with Crippen LogP contribution in [0.25, 0.3) is 11.5 Å². The lowest BCUT2D eigenvalue weighted by Crippen LogP contribution is -2.15. The Hall–Kier alpha value is -2.44. The molecule has 4 rings (SSSR count). The van der Waals surface area contributed by atoms with Crippen molar-refractivity contribution in [2.75, 3.05) is 5.32 Å². The highest BCUT2D eigenvalue weighted by Gasteiger charge is 2.44. The van der Waals surface area contributed by atoms with Gasteiger partial charge in [0.05, 0.1) is 10.0 Å². The number of aromatic nitrogens is 4. The molecule has 2 aromatic heterocycles. The molecule has 6 nitrogen and oxygen atoms in total. The van der Waals surface area contributed by atoms with Crippen molar-refractivity contribution in [3.63, 3.8) is 0 Å². The van der Waals surface area contributed by atoms with E-state index in [1.807, 2.05) is 30.3 Å². The fourth-order valence-electron chi connectivity index (χ4n) is 2.73. The van der Waals surface area contributed by atoms with Gasteiger partial charge in [-0.25, -0.2) is 0 Å². The Morgan fingerprint density at radius 1 is 1.20 bits per heavy atom. The molecule has 3 aromatic rings. The number of H-pyrrole nitrogens is 1. The lowest BCUT2D eigenvalue weighted by Gasteiger charge is -2.03. The molecule has 0 saturated heterocycles. The number of nitrogens with zero attached hydrogens (tertiary/aromatic N) is 3. The summed E-state index contributed by atoms with van der Waals surface area (Å²) in [6, 6.07) is 11.0. The first-order chi connectivity index (χ1) is 12.1. The molecular weight excluding hydrogens is 361 g/mol. The summed E-state index contributed by atoms with van der Waals surface area (Å²) >= 11 is 12.0. The highest BCUT2D eigenvalue weighted by molar-refractivity contribution is 6.42.